The summed E-state index contributed by atoms with van der Waals surface area (Å²) in [7, 11) is 2.05. The van der Waals surface area contributed by atoms with Crippen molar-refractivity contribution in [2.24, 2.45) is 0 Å². The molecule has 2 heteroatoms. The molecule has 1 aliphatic carbocycles. The van der Waals surface area contributed by atoms with Crippen molar-refractivity contribution in [2.45, 2.75) is 32.1 Å². The monoisotopic (exact) mass is 273 g/mol. The van der Waals surface area contributed by atoms with Crippen molar-refractivity contribution >= 4 is 16.9 Å². The number of thiophene rings is 1. The lowest BCUT2D eigenvalue weighted by molar-refractivity contribution is 0.534. The van der Waals surface area contributed by atoms with Gasteiger partial charge in [-0.25, -0.2) is 0 Å². The lowest BCUT2D eigenvalue weighted by Crippen LogP contribution is -2.20. The van der Waals surface area contributed by atoms with E-state index in [4.69, 9.17) is 0 Å². The van der Waals surface area contributed by atoms with Gasteiger partial charge in [0.1, 0.15) is 0 Å². The molecule has 0 radical (unpaired) electrons. The maximum atomic E-state index is 3.82. The number of fused-ring (bicyclic) bond motifs is 1. The molecule has 1 N–H and O–H groups in total. The molecular formula is C17H23NS. The Balaban J connectivity index is 2.34. The van der Waals surface area contributed by atoms with Crippen molar-refractivity contribution in [2.75, 3.05) is 13.6 Å². The first-order valence-corrected chi connectivity index (χ1v) is 7.84. The van der Waals surface area contributed by atoms with E-state index in [0.717, 1.165) is 6.54 Å². The second-order valence-corrected chi connectivity index (χ2v) is 6.13. The quantitative estimate of drug-likeness (QED) is 0.777. The number of aryl methyl sites for hydroxylation is 1. The second kappa shape index (κ2) is 6.88. The third-order valence-corrected chi connectivity index (χ3v) is 4.88. The molecule has 1 nitrogen and oxygen atoms in total. The number of hydrogen-bond donors (Lipinski definition) is 1. The Kier molecular flexibility index (Phi) is 5.17. The number of allylic oxidation sites excluding steroid dienone is 5. The smallest absolute Gasteiger partial charge is 0.0348 e. The first kappa shape index (κ1) is 14.3. The van der Waals surface area contributed by atoms with Gasteiger partial charge in [0, 0.05) is 16.3 Å². The highest BCUT2D eigenvalue weighted by Gasteiger charge is 2.22. The number of likely N-dealkylation sites (N-methyl/N-ethyl adjacent to an activating group) is 1. The maximum Gasteiger partial charge on any atom is 0.0348 e. The van der Waals surface area contributed by atoms with E-state index in [2.05, 4.69) is 43.1 Å². The van der Waals surface area contributed by atoms with E-state index in [0.29, 0.717) is 5.92 Å². The summed E-state index contributed by atoms with van der Waals surface area (Å²) >= 11 is 1.96. The average molecular weight is 273 g/mol. The number of hydrogen-bond acceptors (Lipinski definition) is 2. The van der Waals surface area contributed by atoms with Crippen LogP contribution >= 0.6 is 11.3 Å². The molecule has 0 bridgehead atoms. The highest BCUT2D eigenvalue weighted by Crippen LogP contribution is 2.39. The average Bonchev–Trinajstić information content (AvgIpc) is 2.84. The van der Waals surface area contributed by atoms with E-state index < -0.39 is 0 Å². The molecule has 1 heterocycles. The molecule has 1 atom stereocenters. The van der Waals surface area contributed by atoms with Crippen molar-refractivity contribution in [3.63, 3.8) is 0 Å². The Morgan fingerprint density at radius 1 is 1.58 bits per heavy atom. The SMILES string of the molecule is C=C/C=C(\C=C/C)c1cc2c(s1)CCCC2CNC. The van der Waals surface area contributed by atoms with Gasteiger partial charge in [0.2, 0.25) is 0 Å². The van der Waals surface area contributed by atoms with Crippen LogP contribution in [0.25, 0.3) is 5.57 Å². The van der Waals surface area contributed by atoms with Crippen LogP contribution in [0.1, 0.15) is 41.0 Å². The van der Waals surface area contributed by atoms with Crippen molar-refractivity contribution < 1.29 is 0 Å². The molecule has 0 saturated carbocycles. The lowest BCUT2D eigenvalue weighted by atomic mass is 9.87. The van der Waals surface area contributed by atoms with Crippen LogP contribution in [0.4, 0.5) is 0 Å². The molecule has 0 aliphatic heterocycles. The van der Waals surface area contributed by atoms with Crippen LogP contribution in [0, 0.1) is 0 Å². The Morgan fingerprint density at radius 2 is 2.42 bits per heavy atom. The van der Waals surface area contributed by atoms with E-state index in [-0.39, 0.29) is 0 Å². The van der Waals surface area contributed by atoms with E-state index in [9.17, 15) is 0 Å². The van der Waals surface area contributed by atoms with E-state index >= 15 is 0 Å². The summed E-state index contributed by atoms with van der Waals surface area (Å²) in [6.07, 6.45) is 12.1. The molecule has 0 saturated heterocycles. The number of nitrogens with one attached hydrogen (secondary N) is 1. The van der Waals surface area contributed by atoms with Crippen LogP contribution in [0.3, 0.4) is 0 Å². The van der Waals surface area contributed by atoms with Crippen molar-refractivity contribution in [3.05, 3.63) is 52.3 Å². The summed E-state index contributed by atoms with van der Waals surface area (Å²) in [6.45, 7) is 6.97. The van der Waals surface area contributed by atoms with Crippen molar-refractivity contribution in [3.8, 4) is 0 Å². The Labute approximate surface area is 120 Å². The molecule has 0 fully saturated rings. The Morgan fingerprint density at radius 3 is 3.11 bits per heavy atom. The van der Waals surface area contributed by atoms with Gasteiger partial charge >= 0.3 is 0 Å². The van der Waals surface area contributed by atoms with Crippen LogP contribution in [0.15, 0.2) is 36.9 Å². The summed E-state index contributed by atoms with van der Waals surface area (Å²) in [4.78, 5) is 2.96. The van der Waals surface area contributed by atoms with Crippen LogP contribution < -0.4 is 5.32 Å². The number of rotatable bonds is 5. The summed E-state index contributed by atoms with van der Waals surface area (Å²) < 4.78 is 0. The molecule has 102 valence electrons. The van der Waals surface area contributed by atoms with Gasteiger partial charge in [-0.05, 0) is 56.4 Å². The van der Waals surface area contributed by atoms with E-state index in [1.807, 2.05) is 24.5 Å². The molecule has 0 amide bonds. The summed E-state index contributed by atoms with van der Waals surface area (Å²) in [5.41, 5.74) is 2.85. The van der Waals surface area contributed by atoms with Gasteiger partial charge in [0.25, 0.3) is 0 Å². The Hall–Kier alpha value is -1.12. The van der Waals surface area contributed by atoms with Gasteiger partial charge in [0.05, 0.1) is 0 Å². The fourth-order valence-electron chi connectivity index (χ4n) is 2.78. The predicted octanol–water partition coefficient (Wildman–Crippen LogP) is 4.53. The molecule has 2 rings (SSSR count). The Bertz CT molecular complexity index is 493. The summed E-state index contributed by atoms with van der Waals surface area (Å²) in [5.74, 6) is 0.689. The molecular weight excluding hydrogens is 250 g/mol. The first-order chi connectivity index (χ1) is 9.30. The minimum absolute atomic E-state index is 0.689. The lowest BCUT2D eigenvalue weighted by Gasteiger charge is -2.21. The van der Waals surface area contributed by atoms with Gasteiger partial charge in [-0.1, -0.05) is 30.9 Å². The van der Waals surface area contributed by atoms with E-state index in [1.54, 1.807) is 10.4 Å². The zero-order valence-corrected chi connectivity index (χ0v) is 12.7. The molecule has 1 aromatic rings. The van der Waals surface area contributed by atoms with Crippen LogP contribution in [0.2, 0.25) is 0 Å². The molecule has 1 unspecified atom stereocenters. The summed E-state index contributed by atoms with van der Waals surface area (Å²) in [6, 6.07) is 2.40. The molecule has 0 spiro atoms. The van der Waals surface area contributed by atoms with Crippen LogP contribution in [-0.4, -0.2) is 13.6 Å². The summed E-state index contributed by atoms with van der Waals surface area (Å²) in [5, 5.41) is 3.33. The standard InChI is InChI=1S/C17H23NS/c1-4-7-13(8-5-2)17-11-15-14(12-18-3)9-6-10-16(15)19-17/h4-5,7-8,11,14,18H,1,6,9-10,12H2,2-3H3/b8-5-,13-7+. The normalized spacial score (nSPS) is 19.7. The van der Waals surface area contributed by atoms with E-state index in [1.165, 1.54) is 29.7 Å². The topological polar surface area (TPSA) is 12.0 Å². The molecule has 19 heavy (non-hydrogen) atoms. The molecule has 0 aromatic carbocycles. The third-order valence-electron chi connectivity index (χ3n) is 3.62. The largest absolute Gasteiger partial charge is 0.319 e. The molecule has 1 aromatic heterocycles. The minimum Gasteiger partial charge on any atom is -0.319 e. The van der Waals surface area contributed by atoms with Gasteiger partial charge in [-0.15, -0.1) is 11.3 Å². The van der Waals surface area contributed by atoms with Gasteiger partial charge in [-0.2, -0.15) is 0 Å². The van der Waals surface area contributed by atoms with Crippen LogP contribution in [-0.2, 0) is 6.42 Å². The first-order valence-electron chi connectivity index (χ1n) is 7.03. The third kappa shape index (κ3) is 3.26. The van der Waals surface area contributed by atoms with Crippen molar-refractivity contribution in [1.82, 2.24) is 5.32 Å². The van der Waals surface area contributed by atoms with Crippen molar-refractivity contribution in [1.29, 1.82) is 0 Å². The zero-order chi connectivity index (χ0) is 13.7. The zero-order valence-electron chi connectivity index (χ0n) is 11.9. The minimum atomic E-state index is 0.689. The van der Waals surface area contributed by atoms with Gasteiger partial charge in [-0.3, -0.25) is 0 Å². The predicted molar refractivity (Wildman–Crippen MR) is 86.9 cm³/mol. The highest BCUT2D eigenvalue weighted by molar-refractivity contribution is 7.13. The molecule has 1 aliphatic rings. The van der Waals surface area contributed by atoms with Gasteiger partial charge < -0.3 is 5.32 Å². The second-order valence-electron chi connectivity index (χ2n) is 4.99. The fourth-order valence-corrected chi connectivity index (χ4v) is 4.07. The van der Waals surface area contributed by atoms with Crippen LogP contribution in [0.5, 0.6) is 0 Å². The highest BCUT2D eigenvalue weighted by atomic mass is 32.1. The maximum absolute atomic E-state index is 3.82. The fraction of sp³-hybridized carbons (Fsp3) is 0.412. The van der Waals surface area contributed by atoms with Gasteiger partial charge in [0.15, 0.2) is 0 Å².